The molecule has 3 heteroatoms. The molecule has 0 unspecified atom stereocenters. The molecule has 0 radical (unpaired) electrons. The van der Waals surface area contributed by atoms with E-state index in [1.807, 2.05) is 13.1 Å². The SMILES string of the molecule is CCCCSc1ncc(C)[nH]1. The highest BCUT2D eigenvalue weighted by molar-refractivity contribution is 7.99. The number of H-pyrrole nitrogens is 1. The molecule has 1 rings (SSSR count). The van der Waals surface area contributed by atoms with Gasteiger partial charge < -0.3 is 4.98 Å². The summed E-state index contributed by atoms with van der Waals surface area (Å²) in [7, 11) is 0. The Bertz CT molecular complexity index is 208. The fourth-order valence-corrected chi connectivity index (χ4v) is 1.76. The third-order valence-corrected chi connectivity index (χ3v) is 2.39. The number of unbranched alkanes of at least 4 members (excludes halogenated alkanes) is 1. The average molecular weight is 170 g/mol. The molecule has 0 spiro atoms. The van der Waals surface area contributed by atoms with Crippen LogP contribution in [0.5, 0.6) is 0 Å². The molecule has 0 aliphatic carbocycles. The zero-order valence-electron chi connectivity index (χ0n) is 7.05. The molecule has 0 aliphatic rings. The maximum atomic E-state index is 4.19. The molecule has 1 aromatic heterocycles. The molecule has 0 atom stereocenters. The summed E-state index contributed by atoms with van der Waals surface area (Å²) in [6.07, 6.45) is 4.39. The lowest BCUT2D eigenvalue weighted by Crippen LogP contribution is -1.79. The van der Waals surface area contributed by atoms with Crippen LogP contribution >= 0.6 is 11.8 Å². The fraction of sp³-hybridized carbons (Fsp3) is 0.625. The van der Waals surface area contributed by atoms with Gasteiger partial charge in [-0.1, -0.05) is 25.1 Å². The van der Waals surface area contributed by atoms with Crippen molar-refractivity contribution in [2.24, 2.45) is 0 Å². The van der Waals surface area contributed by atoms with Crippen molar-refractivity contribution in [2.45, 2.75) is 31.8 Å². The second-order valence-corrected chi connectivity index (χ2v) is 3.66. The zero-order valence-corrected chi connectivity index (χ0v) is 7.87. The predicted octanol–water partition coefficient (Wildman–Crippen LogP) is 2.61. The Morgan fingerprint density at radius 1 is 1.64 bits per heavy atom. The van der Waals surface area contributed by atoms with Gasteiger partial charge in [0.15, 0.2) is 5.16 Å². The first kappa shape index (κ1) is 8.65. The smallest absolute Gasteiger partial charge is 0.165 e. The summed E-state index contributed by atoms with van der Waals surface area (Å²) >= 11 is 1.80. The van der Waals surface area contributed by atoms with Crippen LogP contribution in [0.25, 0.3) is 0 Å². The molecule has 11 heavy (non-hydrogen) atoms. The minimum absolute atomic E-state index is 1.05. The van der Waals surface area contributed by atoms with E-state index in [4.69, 9.17) is 0 Å². The molecule has 0 bridgehead atoms. The molecule has 0 aromatic carbocycles. The Balaban J connectivity index is 2.27. The van der Waals surface area contributed by atoms with Crippen molar-refractivity contribution >= 4 is 11.8 Å². The van der Waals surface area contributed by atoms with E-state index < -0.39 is 0 Å². The minimum atomic E-state index is 1.05. The van der Waals surface area contributed by atoms with E-state index in [1.165, 1.54) is 18.6 Å². The summed E-state index contributed by atoms with van der Waals surface area (Å²) in [4.78, 5) is 7.38. The second kappa shape index (κ2) is 4.44. The van der Waals surface area contributed by atoms with Gasteiger partial charge in [-0.2, -0.15) is 0 Å². The number of thioether (sulfide) groups is 1. The number of hydrogen-bond donors (Lipinski definition) is 1. The third-order valence-electron chi connectivity index (χ3n) is 1.42. The van der Waals surface area contributed by atoms with Crippen LogP contribution in [0.3, 0.4) is 0 Å². The van der Waals surface area contributed by atoms with Gasteiger partial charge in [0.2, 0.25) is 0 Å². The molecule has 2 nitrogen and oxygen atoms in total. The summed E-state index contributed by atoms with van der Waals surface area (Å²) < 4.78 is 0. The van der Waals surface area contributed by atoms with Crippen molar-refractivity contribution < 1.29 is 0 Å². The van der Waals surface area contributed by atoms with E-state index in [2.05, 4.69) is 16.9 Å². The van der Waals surface area contributed by atoms with Crippen molar-refractivity contribution in [3.05, 3.63) is 11.9 Å². The molecule has 0 saturated heterocycles. The molecular formula is C8H14N2S. The largest absolute Gasteiger partial charge is 0.337 e. The van der Waals surface area contributed by atoms with Crippen LogP contribution in [0.2, 0.25) is 0 Å². The molecular weight excluding hydrogens is 156 g/mol. The third kappa shape index (κ3) is 2.97. The quantitative estimate of drug-likeness (QED) is 0.556. The van der Waals surface area contributed by atoms with Crippen LogP contribution in [0.1, 0.15) is 25.5 Å². The Morgan fingerprint density at radius 3 is 3.00 bits per heavy atom. The van der Waals surface area contributed by atoms with Gasteiger partial charge in [-0.25, -0.2) is 4.98 Å². The Morgan fingerprint density at radius 2 is 2.45 bits per heavy atom. The van der Waals surface area contributed by atoms with Crippen LogP contribution < -0.4 is 0 Å². The van der Waals surface area contributed by atoms with Crippen molar-refractivity contribution in [1.82, 2.24) is 9.97 Å². The highest BCUT2D eigenvalue weighted by Gasteiger charge is 1.95. The van der Waals surface area contributed by atoms with Crippen molar-refractivity contribution in [2.75, 3.05) is 5.75 Å². The van der Waals surface area contributed by atoms with E-state index in [0.717, 1.165) is 10.9 Å². The maximum absolute atomic E-state index is 4.19. The summed E-state index contributed by atoms with van der Waals surface area (Å²) in [5, 5.41) is 1.05. The van der Waals surface area contributed by atoms with E-state index in [-0.39, 0.29) is 0 Å². The fourth-order valence-electron chi connectivity index (χ4n) is 0.775. The summed E-state index contributed by atoms with van der Waals surface area (Å²) in [5.41, 5.74) is 1.14. The first-order chi connectivity index (χ1) is 5.33. The van der Waals surface area contributed by atoms with Gasteiger partial charge in [0.05, 0.1) is 0 Å². The van der Waals surface area contributed by atoms with E-state index >= 15 is 0 Å². The van der Waals surface area contributed by atoms with Crippen LogP contribution in [-0.4, -0.2) is 15.7 Å². The van der Waals surface area contributed by atoms with Crippen LogP contribution in [0, 0.1) is 6.92 Å². The minimum Gasteiger partial charge on any atom is -0.337 e. The normalized spacial score (nSPS) is 10.4. The van der Waals surface area contributed by atoms with Gasteiger partial charge in [-0.3, -0.25) is 0 Å². The Labute approximate surface area is 71.8 Å². The number of aromatic nitrogens is 2. The molecule has 0 amide bonds. The van der Waals surface area contributed by atoms with Gasteiger partial charge in [-0.15, -0.1) is 0 Å². The maximum Gasteiger partial charge on any atom is 0.165 e. The molecule has 1 heterocycles. The number of nitrogens with one attached hydrogen (secondary N) is 1. The van der Waals surface area contributed by atoms with Crippen molar-refractivity contribution in [3.8, 4) is 0 Å². The predicted molar refractivity (Wildman–Crippen MR) is 49.0 cm³/mol. The van der Waals surface area contributed by atoms with Gasteiger partial charge in [0, 0.05) is 17.6 Å². The standard InChI is InChI=1S/C8H14N2S/c1-3-4-5-11-8-9-6-7(2)10-8/h6H,3-5H2,1-2H3,(H,9,10). The van der Waals surface area contributed by atoms with Crippen LogP contribution in [0.4, 0.5) is 0 Å². The topological polar surface area (TPSA) is 28.7 Å². The molecule has 0 saturated carbocycles. The number of hydrogen-bond acceptors (Lipinski definition) is 2. The number of aromatic amines is 1. The van der Waals surface area contributed by atoms with Crippen molar-refractivity contribution in [3.63, 3.8) is 0 Å². The van der Waals surface area contributed by atoms with Gasteiger partial charge >= 0.3 is 0 Å². The first-order valence-corrected chi connectivity index (χ1v) is 4.96. The number of imidazole rings is 1. The monoisotopic (exact) mass is 170 g/mol. The molecule has 0 fully saturated rings. The number of nitrogens with zero attached hydrogens (tertiary/aromatic N) is 1. The average Bonchev–Trinajstić information content (AvgIpc) is 2.37. The highest BCUT2D eigenvalue weighted by atomic mass is 32.2. The summed E-state index contributed by atoms with van der Waals surface area (Å²) in [6.45, 7) is 4.23. The van der Waals surface area contributed by atoms with Crippen LogP contribution in [-0.2, 0) is 0 Å². The second-order valence-electron chi connectivity index (χ2n) is 2.57. The first-order valence-electron chi connectivity index (χ1n) is 3.97. The number of aryl methyl sites for hydroxylation is 1. The lowest BCUT2D eigenvalue weighted by Gasteiger charge is -1.93. The van der Waals surface area contributed by atoms with E-state index in [1.54, 1.807) is 11.8 Å². The lowest BCUT2D eigenvalue weighted by molar-refractivity contribution is 0.892. The van der Waals surface area contributed by atoms with Gasteiger partial charge in [0.1, 0.15) is 0 Å². The molecule has 1 N–H and O–H groups in total. The van der Waals surface area contributed by atoms with Crippen molar-refractivity contribution in [1.29, 1.82) is 0 Å². The van der Waals surface area contributed by atoms with Gasteiger partial charge in [-0.05, 0) is 13.3 Å². The van der Waals surface area contributed by atoms with E-state index in [0.29, 0.717) is 0 Å². The van der Waals surface area contributed by atoms with E-state index in [9.17, 15) is 0 Å². The summed E-state index contributed by atoms with van der Waals surface area (Å²) in [5.74, 6) is 1.17. The molecule has 62 valence electrons. The Kier molecular flexibility index (Phi) is 3.49. The van der Waals surface area contributed by atoms with Crippen LogP contribution in [0.15, 0.2) is 11.4 Å². The van der Waals surface area contributed by atoms with Gasteiger partial charge in [0.25, 0.3) is 0 Å². The number of rotatable bonds is 4. The lowest BCUT2D eigenvalue weighted by atomic mass is 10.4. The zero-order chi connectivity index (χ0) is 8.10. The molecule has 1 aromatic rings. The summed E-state index contributed by atoms with van der Waals surface area (Å²) in [6, 6.07) is 0. The highest BCUT2D eigenvalue weighted by Crippen LogP contribution is 2.14. The molecule has 0 aliphatic heterocycles. The Hall–Kier alpha value is -0.440.